The molecule has 0 saturated heterocycles. The summed E-state index contributed by atoms with van der Waals surface area (Å²) in [6.45, 7) is 0. The van der Waals surface area contributed by atoms with E-state index in [1.807, 2.05) is 0 Å². The summed E-state index contributed by atoms with van der Waals surface area (Å²) in [6, 6.07) is 2.82. The Morgan fingerprint density at radius 1 is 1.00 bits per heavy atom. The summed E-state index contributed by atoms with van der Waals surface area (Å²) in [7, 11) is 0. The van der Waals surface area contributed by atoms with E-state index in [4.69, 9.17) is 46.4 Å². The van der Waals surface area contributed by atoms with Crippen molar-refractivity contribution in [2.24, 2.45) is 0 Å². The highest BCUT2D eigenvalue weighted by Gasteiger charge is 2.21. The van der Waals surface area contributed by atoms with Gasteiger partial charge in [0.05, 0.1) is 22.0 Å². The molecule has 0 aromatic heterocycles. The quantitative estimate of drug-likeness (QED) is 0.662. The zero-order valence-corrected chi connectivity index (χ0v) is 10.4. The normalized spacial score (nSPS) is 15.1. The molecule has 2 atom stereocenters. The molecule has 6 heteroatoms. The summed E-state index contributed by atoms with van der Waals surface area (Å²) in [6.07, 6.45) is -2.27. The van der Waals surface area contributed by atoms with E-state index in [0.29, 0.717) is 5.56 Å². The highest BCUT2D eigenvalue weighted by atomic mass is 35.5. The fraction of sp³-hybridized carbons (Fsp3) is 0.333. The highest BCUT2D eigenvalue weighted by Crippen LogP contribution is 2.33. The van der Waals surface area contributed by atoms with Crippen LogP contribution in [0.4, 0.5) is 0 Å². The third-order valence-electron chi connectivity index (χ3n) is 1.88. The van der Waals surface area contributed by atoms with Crippen molar-refractivity contribution in [1.82, 2.24) is 0 Å². The van der Waals surface area contributed by atoms with Gasteiger partial charge in [-0.25, -0.2) is 0 Å². The van der Waals surface area contributed by atoms with Crippen LogP contribution in [0.25, 0.3) is 0 Å². The number of aliphatic hydroxyl groups excluding tert-OH is 2. The van der Waals surface area contributed by atoms with E-state index < -0.39 is 12.2 Å². The van der Waals surface area contributed by atoms with Crippen molar-refractivity contribution < 1.29 is 10.2 Å². The molecule has 0 aliphatic heterocycles. The molecule has 1 rings (SSSR count). The van der Waals surface area contributed by atoms with Crippen LogP contribution in [0.5, 0.6) is 0 Å². The molecule has 0 aliphatic rings. The highest BCUT2D eigenvalue weighted by molar-refractivity contribution is 6.43. The van der Waals surface area contributed by atoms with Gasteiger partial charge in [0.15, 0.2) is 0 Å². The maximum absolute atomic E-state index is 9.66. The molecule has 1 aromatic carbocycles. The van der Waals surface area contributed by atoms with Gasteiger partial charge < -0.3 is 10.2 Å². The number of aliphatic hydroxyl groups is 2. The molecule has 2 unspecified atom stereocenters. The largest absolute Gasteiger partial charge is 0.389 e. The predicted octanol–water partition coefficient (Wildman–Crippen LogP) is 3.28. The second-order valence-corrected chi connectivity index (χ2v) is 4.48. The Balaban J connectivity index is 3.09. The SMILES string of the molecule is OC(CCl)C(O)c1cc(Cl)c(Cl)cc1Cl. The number of hydrogen-bond donors (Lipinski definition) is 2. The molecule has 0 aliphatic carbocycles. The van der Waals surface area contributed by atoms with Crippen molar-refractivity contribution in [3.63, 3.8) is 0 Å². The molecule has 0 heterocycles. The molecule has 0 spiro atoms. The van der Waals surface area contributed by atoms with Gasteiger partial charge in [-0.05, 0) is 12.1 Å². The Labute approximate surface area is 107 Å². The van der Waals surface area contributed by atoms with Crippen molar-refractivity contribution >= 4 is 46.4 Å². The summed E-state index contributed by atoms with van der Waals surface area (Å²) in [5, 5.41) is 19.8. The molecule has 2 N–H and O–H groups in total. The van der Waals surface area contributed by atoms with Gasteiger partial charge in [0.1, 0.15) is 6.10 Å². The van der Waals surface area contributed by atoms with Crippen molar-refractivity contribution in [2.45, 2.75) is 12.2 Å². The standard InChI is InChI=1S/C9H8Cl4O2/c10-3-8(14)9(15)4-1-6(12)7(13)2-5(4)11/h1-2,8-9,14-15H,3H2. The lowest BCUT2D eigenvalue weighted by atomic mass is 10.1. The third kappa shape index (κ3) is 3.13. The summed E-state index contributed by atoms with van der Waals surface area (Å²) in [4.78, 5) is 0. The average molecular weight is 290 g/mol. The van der Waals surface area contributed by atoms with E-state index in [1.54, 1.807) is 0 Å². The number of halogens is 4. The topological polar surface area (TPSA) is 40.5 Å². The maximum Gasteiger partial charge on any atom is 0.108 e. The van der Waals surface area contributed by atoms with Crippen molar-refractivity contribution in [1.29, 1.82) is 0 Å². The molecule has 0 radical (unpaired) electrons. The minimum atomic E-state index is -1.18. The molecule has 84 valence electrons. The first-order valence-electron chi connectivity index (χ1n) is 4.04. The first-order chi connectivity index (χ1) is 6.97. The number of hydrogen-bond acceptors (Lipinski definition) is 2. The van der Waals surface area contributed by atoms with E-state index in [2.05, 4.69) is 0 Å². The van der Waals surface area contributed by atoms with Gasteiger partial charge in [0.2, 0.25) is 0 Å². The first kappa shape index (κ1) is 13.4. The molecule has 0 amide bonds. The molecule has 15 heavy (non-hydrogen) atoms. The molecule has 1 aromatic rings. The summed E-state index contributed by atoms with van der Waals surface area (Å²) in [5.41, 5.74) is 0.305. The Morgan fingerprint density at radius 3 is 2.07 bits per heavy atom. The summed E-state index contributed by atoms with van der Waals surface area (Å²) < 4.78 is 0. The van der Waals surface area contributed by atoms with E-state index in [1.165, 1.54) is 12.1 Å². The van der Waals surface area contributed by atoms with Gasteiger partial charge in [-0.3, -0.25) is 0 Å². The number of alkyl halides is 1. The molecule has 0 fully saturated rings. The molecule has 0 saturated carbocycles. The van der Waals surface area contributed by atoms with Crippen LogP contribution in [0.1, 0.15) is 11.7 Å². The molecular weight excluding hydrogens is 282 g/mol. The average Bonchev–Trinajstić information content (AvgIpc) is 2.21. The summed E-state index contributed by atoms with van der Waals surface area (Å²) >= 11 is 22.7. The van der Waals surface area contributed by atoms with Crippen LogP contribution in [0.15, 0.2) is 12.1 Å². The Hall–Kier alpha value is 0.300. The lowest BCUT2D eigenvalue weighted by molar-refractivity contribution is 0.0328. The second-order valence-electron chi connectivity index (χ2n) is 2.95. The number of rotatable bonds is 3. The van der Waals surface area contributed by atoms with E-state index in [-0.39, 0.29) is 20.9 Å². The van der Waals surface area contributed by atoms with Crippen LogP contribution in [0, 0.1) is 0 Å². The fourth-order valence-electron chi connectivity index (χ4n) is 1.06. The predicted molar refractivity (Wildman–Crippen MR) is 63.2 cm³/mol. The fourth-order valence-corrected chi connectivity index (χ4v) is 1.89. The Kier molecular flexibility index (Phi) is 4.97. The lowest BCUT2D eigenvalue weighted by Crippen LogP contribution is -2.20. The molecule has 2 nitrogen and oxygen atoms in total. The van der Waals surface area contributed by atoms with E-state index >= 15 is 0 Å². The maximum atomic E-state index is 9.66. The monoisotopic (exact) mass is 288 g/mol. The van der Waals surface area contributed by atoms with Crippen LogP contribution in [0.2, 0.25) is 15.1 Å². The van der Waals surface area contributed by atoms with Crippen LogP contribution in [0.3, 0.4) is 0 Å². The van der Waals surface area contributed by atoms with Crippen LogP contribution >= 0.6 is 46.4 Å². The van der Waals surface area contributed by atoms with Gasteiger partial charge in [-0.2, -0.15) is 0 Å². The van der Waals surface area contributed by atoms with E-state index in [0.717, 1.165) is 0 Å². The first-order valence-corrected chi connectivity index (χ1v) is 5.70. The van der Waals surface area contributed by atoms with Crippen molar-refractivity contribution in [3.8, 4) is 0 Å². The smallest absolute Gasteiger partial charge is 0.108 e. The second kappa shape index (κ2) is 5.58. The van der Waals surface area contributed by atoms with Crippen molar-refractivity contribution in [3.05, 3.63) is 32.8 Å². The van der Waals surface area contributed by atoms with Crippen LogP contribution in [-0.4, -0.2) is 22.2 Å². The van der Waals surface area contributed by atoms with E-state index in [9.17, 15) is 10.2 Å². The van der Waals surface area contributed by atoms with Gasteiger partial charge >= 0.3 is 0 Å². The molecular formula is C9H8Cl4O2. The number of benzene rings is 1. The summed E-state index contributed by atoms with van der Waals surface area (Å²) in [5.74, 6) is -0.0995. The van der Waals surface area contributed by atoms with Crippen LogP contribution < -0.4 is 0 Å². The van der Waals surface area contributed by atoms with Gasteiger partial charge in [-0.15, -0.1) is 11.6 Å². The minimum absolute atomic E-state index is 0.0995. The van der Waals surface area contributed by atoms with Crippen molar-refractivity contribution in [2.75, 3.05) is 5.88 Å². The lowest BCUT2D eigenvalue weighted by Gasteiger charge is -2.17. The Bertz CT molecular complexity index is 356. The third-order valence-corrected chi connectivity index (χ3v) is 3.25. The molecule has 0 bridgehead atoms. The van der Waals surface area contributed by atoms with Gasteiger partial charge in [-0.1, -0.05) is 34.8 Å². The van der Waals surface area contributed by atoms with Gasteiger partial charge in [0.25, 0.3) is 0 Å². The van der Waals surface area contributed by atoms with Gasteiger partial charge in [0, 0.05) is 10.6 Å². The Morgan fingerprint density at radius 2 is 1.53 bits per heavy atom. The van der Waals surface area contributed by atoms with Crippen LogP contribution in [-0.2, 0) is 0 Å². The minimum Gasteiger partial charge on any atom is -0.389 e. The zero-order valence-electron chi connectivity index (χ0n) is 7.42. The zero-order chi connectivity index (χ0) is 11.6.